The summed E-state index contributed by atoms with van der Waals surface area (Å²) in [5, 5.41) is 12.9. The third-order valence-corrected chi connectivity index (χ3v) is 5.01. The Balaban J connectivity index is 1.52. The van der Waals surface area contributed by atoms with Crippen LogP contribution in [-0.2, 0) is 5.54 Å². The Kier molecular flexibility index (Phi) is 3.44. The van der Waals surface area contributed by atoms with Gasteiger partial charge in [-0.05, 0) is 51.9 Å². The lowest BCUT2D eigenvalue weighted by Gasteiger charge is -2.28. The number of hydrogen-bond acceptors (Lipinski definition) is 3. The third kappa shape index (κ3) is 2.76. The van der Waals surface area contributed by atoms with Crippen molar-refractivity contribution >= 4 is 0 Å². The van der Waals surface area contributed by atoms with Gasteiger partial charge in [0, 0.05) is 18.5 Å². The molecule has 0 radical (unpaired) electrons. The van der Waals surface area contributed by atoms with E-state index in [4.69, 9.17) is 0 Å². The molecular formula is C18H26N4. The minimum absolute atomic E-state index is 0.127. The van der Waals surface area contributed by atoms with Crippen molar-refractivity contribution in [1.29, 1.82) is 0 Å². The summed E-state index contributed by atoms with van der Waals surface area (Å²) < 4.78 is 2.46. The van der Waals surface area contributed by atoms with Crippen molar-refractivity contribution in [1.82, 2.24) is 20.1 Å². The van der Waals surface area contributed by atoms with Gasteiger partial charge in [-0.25, -0.2) is 0 Å². The molecule has 0 bridgehead atoms. The lowest BCUT2D eigenvalue weighted by atomic mass is 9.98. The lowest BCUT2D eigenvalue weighted by molar-refractivity contribution is 0.343. The van der Waals surface area contributed by atoms with Gasteiger partial charge in [-0.15, -0.1) is 10.2 Å². The molecule has 0 aromatic carbocycles. The standard InChI is InChI=1S/C18H26N4/c1-18(2,19-12-13-6-4-3-5-7-13)17-21-20-16(14-8-9-14)22(17)15-10-11-15/h3-6,13-15,19H,7-12H2,1-2H3. The quantitative estimate of drug-likeness (QED) is 0.874. The van der Waals surface area contributed by atoms with E-state index in [1.54, 1.807) is 0 Å². The van der Waals surface area contributed by atoms with E-state index in [1.807, 2.05) is 0 Å². The third-order valence-electron chi connectivity index (χ3n) is 5.01. The fourth-order valence-corrected chi connectivity index (χ4v) is 3.29. The van der Waals surface area contributed by atoms with Crippen LogP contribution in [0.2, 0.25) is 0 Å². The van der Waals surface area contributed by atoms with Crippen molar-refractivity contribution in [2.24, 2.45) is 5.92 Å². The van der Waals surface area contributed by atoms with Crippen LogP contribution in [0.15, 0.2) is 24.3 Å². The van der Waals surface area contributed by atoms with Crippen LogP contribution in [0.3, 0.4) is 0 Å². The van der Waals surface area contributed by atoms with Crippen LogP contribution < -0.4 is 5.32 Å². The molecule has 4 heteroatoms. The van der Waals surface area contributed by atoms with E-state index in [0.717, 1.165) is 18.8 Å². The molecule has 1 aromatic rings. The molecule has 4 rings (SSSR count). The summed E-state index contributed by atoms with van der Waals surface area (Å²) in [5.74, 6) is 3.63. The fourth-order valence-electron chi connectivity index (χ4n) is 3.29. The second kappa shape index (κ2) is 5.34. The number of nitrogens with one attached hydrogen (secondary N) is 1. The molecule has 4 nitrogen and oxygen atoms in total. The average Bonchev–Trinajstić information content (AvgIpc) is 3.45. The topological polar surface area (TPSA) is 42.7 Å². The van der Waals surface area contributed by atoms with E-state index in [0.29, 0.717) is 17.9 Å². The van der Waals surface area contributed by atoms with E-state index in [2.05, 4.69) is 58.2 Å². The molecule has 0 spiro atoms. The molecule has 118 valence electrons. The first-order chi connectivity index (χ1) is 10.6. The zero-order chi connectivity index (χ0) is 15.2. The summed E-state index contributed by atoms with van der Waals surface area (Å²) in [5.41, 5.74) is -0.127. The van der Waals surface area contributed by atoms with Crippen LogP contribution in [0, 0.1) is 5.92 Å². The number of aromatic nitrogens is 3. The van der Waals surface area contributed by atoms with Gasteiger partial charge in [0.25, 0.3) is 0 Å². The Labute approximate surface area is 132 Å². The Morgan fingerprint density at radius 1 is 1.18 bits per heavy atom. The smallest absolute Gasteiger partial charge is 0.153 e. The molecule has 0 saturated heterocycles. The predicted octanol–water partition coefficient (Wildman–Crippen LogP) is 3.45. The number of hydrogen-bond donors (Lipinski definition) is 1. The molecule has 3 aliphatic carbocycles. The van der Waals surface area contributed by atoms with Crippen molar-refractivity contribution in [3.05, 3.63) is 36.0 Å². The van der Waals surface area contributed by atoms with Gasteiger partial charge in [0.15, 0.2) is 5.82 Å². The van der Waals surface area contributed by atoms with Crippen LogP contribution in [-0.4, -0.2) is 21.3 Å². The first kappa shape index (κ1) is 14.2. The molecule has 2 fully saturated rings. The molecule has 1 aromatic heterocycles. The molecule has 3 aliphatic rings. The highest BCUT2D eigenvalue weighted by atomic mass is 15.3. The Bertz CT molecular complexity index is 603. The minimum atomic E-state index is -0.127. The summed E-state index contributed by atoms with van der Waals surface area (Å²) in [4.78, 5) is 0. The normalized spacial score (nSPS) is 24.9. The Hall–Kier alpha value is -1.42. The Morgan fingerprint density at radius 3 is 2.64 bits per heavy atom. The maximum absolute atomic E-state index is 4.59. The molecule has 2 saturated carbocycles. The molecule has 0 amide bonds. The largest absolute Gasteiger partial charge is 0.310 e. The van der Waals surface area contributed by atoms with Gasteiger partial charge < -0.3 is 9.88 Å². The lowest BCUT2D eigenvalue weighted by Crippen LogP contribution is -2.41. The second-order valence-corrected chi connectivity index (χ2v) is 7.57. The van der Waals surface area contributed by atoms with Gasteiger partial charge in [-0.3, -0.25) is 0 Å². The van der Waals surface area contributed by atoms with Crippen molar-refractivity contribution in [3.8, 4) is 0 Å². The van der Waals surface area contributed by atoms with Crippen LogP contribution in [0.4, 0.5) is 0 Å². The molecular weight excluding hydrogens is 272 g/mol. The molecule has 0 aliphatic heterocycles. The summed E-state index contributed by atoms with van der Waals surface area (Å²) in [6.45, 7) is 5.48. The molecule has 1 heterocycles. The summed E-state index contributed by atoms with van der Waals surface area (Å²) >= 11 is 0. The maximum atomic E-state index is 4.59. The van der Waals surface area contributed by atoms with Crippen molar-refractivity contribution < 1.29 is 0 Å². The van der Waals surface area contributed by atoms with Gasteiger partial charge in [0.05, 0.1) is 5.54 Å². The van der Waals surface area contributed by atoms with E-state index in [9.17, 15) is 0 Å². The fraction of sp³-hybridized carbons (Fsp3) is 0.667. The molecule has 22 heavy (non-hydrogen) atoms. The zero-order valence-electron chi connectivity index (χ0n) is 13.6. The second-order valence-electron chi connectivity index (χ2n) is 7.57. The first-order valence-electron chi connectivity index (χ1n) is 8.69. The van der Waals surface area contributed by atoms with Gasteiger partial charge in [-0.1, -0.05) is 24.3 Å². The average molecular weight is 298 g/mol. The predicted molar refractivity (Wildman–Crippen MR) is 87.7 cm³/mol. The SMILES string of the molecule is CC(C)(NCC1C=CC=CC1)c1nnc(C2CC2)n1C1CC1. The van der Waals surface area contributed by atoms with Crippen LogP contribution >= 0.6 is 0 Å². The van der Waals surface area contributed by atoms with Crippen molar-refractivity contribution in [2.75, 3.05) is 6.54 Å². The molecule has 1 atom stereocenters. The monoisotopic (exact) mass is 298 g/mol. The highest BCUT2D eigenvalue weighted by molar-refractivity contribution is 5.17. The van der Waals surface area contributed by atoms with E-state index in [-0.39, 0.29) is 5.54 Å². The number of allylic oxidation sites excluding steroid dienone is 3. The van der Waals surface area contributed by atoms with Crippen LogP contribution in [0.25, 0.3) is 0 Å². The summed E-state index contributed by atoms with van der Waals surface area (Å²) in [6.07, 6.45) is 15.1. The summed E-state index contributed by atoms with van der Waals surface area (Å²) in [6, 6.07) is 0.652. The molecule has 1 unspecified atom stereocenters. The zero-order valence-corrected chi connectivity index (χ0v) is 13.6. The summed E-state index contributed by atoms with van der Waals surface area (Å²) in [7, 11) is 0. The van der Waals surface area contributed by atoms with Crippen molar-refractivity contribution in [2.45, 2.75) is 63.5 Å². The maximum Gasteiger partial charge on any atom is 0.153 e. The van der Waals surface area contributed by atoms with E-state index >= 15 is 0 Å². The van der Waals surface area contributed by atoms with Crippen LogP contribution in [0.5, 0.6) is 0 Å². The minimum Gasteiger partial charge on any atom is -0.310 e. The number of nitrogens with zero attached hydrogens (tertiary/aromatic N) is 3. The number of rotatable bonds is 6. The van der Waals surface area contributed by atoms with Gasteiger partial charge in [0.2, 0.25) is 0 Å². The van der Waals surface area contributed by atoms with E-state index < -0.39 is 0 Å². The van der Waals surface area contributed by atoms with Gasteiger partial charge in [0.1, 0.15) is 5.82 Å². The van der Waals surface area contributed by atoms with E-state index in [1.165, 1.54) is 31.5 Å². The van der Waals surface area contributed by atoms with Gasteiger partial charge in [-0.2, -0.15) is 0 Å². The molecule has 1 N–H and O–H groups in total. The first-order valence-corrected chi connectivity index (χ1v) is 8.69. The van der Waals surface area contributed by atoms with Gasteiger partial charge >= 0.3 is 0 Å². The van der Waals surface area contributed by atoms with Crippen LogP contribution in [0.1, 0.15) is 69.6 Å². The highest BCUT2D eigenvalue weighted by Crippen LogP contribution is 2.45. The van der Waals surface area contributed by atoms with Crippen molar-refractivity contribution in [3.63, 3.8) is 0 Å². The highest BCUT2D eigenvalue weighted by Gasteiger charge is 2.39. The Morgan fingerprint density at radius 2 is 2.00 bits per heavy atom.